The highest BCUT2D eigenvalue weighted by Crippen LogP contribution is 2.18. The Balaban J connectivity index is 3.33. The lowest BCUT2D eigenvalue weighted by Crippen LogP contribution is -2.19. The number of allylic oxidation sites excluding steroid dienone is 2. The molecule has 0 amide bonds. The first-order chi connectivity index (χ1) is 19.6. The zero-order chi connectivity index (χ0) is 29.4. The van der Waals surface area contributed by atoms with Crippen molar-refractivity contribution < 1.29 is 19.4 Å². The average molecular weight is 565 g/mol. The lowest BCUT2D eigenvalue weighted by molar-refractivity contribution is -0.151. The second kappa shape index (κ2) is 32.2. The van der Waals surface area contributed by atoms with Crippen molar-refractivity contribution in [1.82, 2.24) is 0 Å². The van der Waals surface area contributed by atoms with Crippen LogP contribution in [0.5, 0.6) is 0 Å². The SMILES string of the molecule is CCCCCCCCCCCCCCCCCC/C=C/CCCCCCCCCC(CC(=O)OCCC)C(=O)O. The molecule has 0 aromatic carbocycles. The number of ether oxygens (including phenoxy) is 1. The van der Waals surface area contributed by atoms with Crippen LogP contribution < -0.4 is 0 Å². The molecule has 0 fully saturated rings. The van der Waals surface area contributed by atoms with Gasteiger partial charge in [-0.2, -0.15) is 0 Å². The number of unbranched alkanes of at least 4 members (excludes halogenated alkanes) is 23. The van der Waals surface area contributed by atoms with E-state index in [1.807, 2.05) is 6.92 Å². The second-order valence-electron chi connectivity index (χ2n) is 12.1. The van der Waals surface area contributed by atoms with Gasteiger partial charge < -0.3 is 9.84 Å². The molecule has 0 saturated carbocycles. The van der Waals surface area contributed by atoms with E-state index in [2.05, 4.69) is 19.1 Å². The van der Waals surface area contributed by atoms with Gasteiger partial charge in [-0.05, 0) is 38.5 Å². The first-order valence-corrected chi connectivity index (χ1v) is 17.6. The van der Waals surface area contributed by atoms with Crippen molar-refractivity contribution in [3.63, 3.8) is 0 Å². The summed E-state index contributed by atoms with van der Waals surface area (Å²) < 4.78 is 5.03. The highest BCUT2D eigenvalue weighted by Gasteiger charge is 2.21. The number of rotatable bonds is 32. The molecule has 0 aromatic rings. The molecule has 0 aliphatic heterocycles. The maximum atomic E-state index is 11.7. The molecule has 0 heterocycles. The van der Waals surface area contributed by atoms with Gasteiger partial charge in [0.2, 0.25) is 0 Å². The van der Waals surface area contributed by atoms with Crippen LogP contribution in [-0.4, -0.2) is 23.7 Å². The summed E-state index contributed by atoms with van der Waals surface area (Å²) in [5.41, 5.74) is 0. The van der Waals surface area contributed by atoms with Gasteiger partial charge in [0.25, 0.3) is 0 Å². The van der Waals surface area contributed by atoms with Crippen LogP contribution in [0.4, 0.5) is 0 Å². The summed E-state index contributed by atoms with van der Waals surface area (Å²) in [5, 5.41) is 9.33. The van der Waals surface area contributed by atoms with Crippen LogP contribution in [-0.2, 0) is 14.3 Å². The minimum atomic E-state index is -0.878. The summed E-state index contributed by atoms with van der Waals surface area (Å²) in [5.74, 6) is -1.86. The van der Waals surface area contributed by atoms with Crippen molar-refractivity contribution in [3.8, 4) is 0 Å². The van der Waals surface area contributed by atoms with E-state index in [4.69, 9.17) is 4.74 Å². The van der Waals surface area contributed by atoms with Gasteiger partial charge in [0.15, 0.2) is 0 Å². The summed E-state index contributed by atoms with van der Waals surface area (Å²) in [6.07, 6.45) is 39.5. The molecular weight excluding hydrogens is 496 g/mol. The van der Waals surface area contributed by atoms with Crippen LogP contribution in [0, 0.1) is 5.92 Å². The maximum Gasteiger partial charge on any atom is 0.307 e. The van der Waals surface area contributed by atoms with E-state index in [9.17, 15) is 14.7 Å². The van der Waals surface area contributed by atoms with Gasteiger partial charge in [0, 0.05) is 0 Å². The van der Waals surface area contributed by atoms with Gasteiger partial charge in [-0.1, -0.05) is 161 Å². The number of carboxylic acids is 1. The van der Waals surface area contributed by atoms with Gasteiger partial charge >= 0.3 is 11.9 Å². The molecule has 0 saturated heterocycles. The zero-order valence-electron chi connectivity index (χ0n) is 26.9. The molecule has 0 rings (SSSR count). The monoisotopic (exact) mass is 565 g/mol. The minimum Gasteiger partial charge on any atom is -0.481 e. The Bertz CT molecular complexity index is 571. The normalized spacial score (nSPS) is 12.2. The molecule has 4 heteroatoms. The number of carbonyl (C=O) groups is 2. The van der Waals surface area contributed by atoms with Crippen molar-refractivity contribution in [1.29, 1.82) is 0 Å². The van der Waals surface area contributed by atoms with E-state index in [0.29, 0.717) is 13.0 Å². The van der Waals surface area contributed by atoms with E-state index < -0.39 is 11.9 Å². The van der Waals surface area contributed by atoms with E-state index in [1.165, 1.54) is 141 Å². The summed E-state index contributed by atoms with van der Waals surface area (Å²) in [6.45, 7) is 4.60. The summed E-state index contributed by atoms with van der Waals surface area (Å²) in [6, 6.07) is 0. The summed E-state index contributed by atoms with van der Waals surface area (Å²) in [7, 11) is 0. The summed E-state index contributed by atoms with van der Waals surface area (Å²) in [4.78, 5) is 23.1. The quantitative estimate of drug-likeness (QED) is 0.0501. The van der Waals surface area contributed by atoms with Crippen molar-refractivity contribution in [3.05, 3.63) is 12.2 Å². The van der Waals surface area contributed by atoms with E-state index in [1.54, 1.807) is 0 Å². The molecule has 0 bridgehead atoms. The van der Waals surface area contributed by atoms with E-state index in [-0.39, 0.29) is 12.4 Å². The third kappa shape index (κ3) is 29.7. The van der Waals surface area contributed by atoms with Gasteiger partial charge in [0.05, 0.1) is 18.9 Å². The molecule has 0 aromatic heterocycles. The average Bonchev–Trinajstić information content (AvgIpc) is 2.94. The standard InChI is InChI=1S/C36H68O4/c1-3-5-6-7-8-9-10-11-12-13-14-15-16-17-18-19-20-21-22-23-24-25-26-27-28-29-30-31-34(36(38)39)33-35(37)40-32-4-2/h21-22,34H,3-20,23-33H2,1-2H3,(H,38,39)/b22-21+. The molecule has 236 valence electrons. The van der Waals surface area contributed by atoms with Crippen LogP contribution >= 0.6 is 0 Å². The van der Waals surface area contributed by atoms with Gasteiger partial charge in [0.1, 0.15) is 0 Å². The van der Waals surface area contributed by atoms with Crippen molar-refractivity contribution in [2.45, 2.75) is 194 Å². The van der Waals surface area contributed by atoms with Crippen LogP contribution in [0.3, 0.4) is 0 Å². The first-order valence-electron chi connectivity index (χ1n) is 17.6. The highest BCUT2D eigenvalue weighted by molar-refractivity contribution is 5.78. The Morgan fingerprint density at radius 3 is 1.30 bits per heavy atom. The number of aliphatic carboxylic acids is 1. The van der Waals surface area contributed by atoms with E-state index >= 15 is 0 Å². The van der Waals surface area contributed by atoms with Crippen LogP contribution in [0.2, 0.25) is 0 Å². The highest BCUT2D eigenvalue weighted by atomic mass is 16.5. The Morgan fingerprint density at radius 1 is 0.550 bits per heavy atom. The Hall–Kier alpha value is -1.32. The maximum absolute atomic E-state index is 11.7. The molecule has 40 heavy (non-hydrogen) atoms. The predicted octanol–water partition coefficient (Wildman–Crippen LogP) is 11.7. The second-order valence-corrected chi connectivity index (χ2v) is 12.1. The zero-order valence-corrected chi connectivity index (χ0v) is 26.9. The predicted molar refractivity (Wildman–Crippen MR) is 172 cm³/mol. The third-order valence-corrected chi connectivity index (χ3v) is 8.04. The van der Waals surface area contributed by atoms with Crippen molar-refractivity contribution in [2.75, 3.05) is 6.61 Å². The molecule has 4 nitrogen and oxygen atoms in total. The number of carboxylic acid groups (broad SMARTS) is 1. The van der Waals surface area contributed by atoms with Crippen LogP contribution in [0.25, 0.3) is 0 Å². The molecule has 0 aliphatic carbocycles. The molecule has 1 unspecified atom stereocenters. The number of esters is 1. The fourth-order valence-corrected chi connectivity index (χ4v) is 5.37. The lowest BCUT2D eigenvalue weighted by Gasteiger charge is -2.11. The molecule has 0 spiro atoms. The minimum absolute atomic E-state index is 0.00231. The first kappa shape index (κ1) is 38.7. The molecule has 0 radical (unpaired) electrons. The smallest absolute Gasteiger partial charge is 0.307 e. The van der Waals surface area contributed by atoms with Gasteiger partial charge in [-0.15, -0.1) is 0 Å². The van der Waals surface area contributed by atoms with Crippen LogP contribution in [0.15, 0.2) is 12.2 Å². The lowest BCUT2D eigenvalue weighted by atomic mass is 9.97. The topological polar surface area (TPSA) is 63.6 Å². The van der Waals surface area contributed by atoms with Crippen molar-refractivity contribution in [2.24, 2.45) is 5.92 Å². The van der Waals surface area contributed by atoms with E-state index in [0.717, 1.165) is 25.7 Å². The fourth-order valence-electron chi connectivity index (χ4n) is 5.37. The van der Waals surface area contributed by atoms with Gasteiger partial charge in [-0.3, -0.25) is 9.59 Å². The molecule has 1 N–H and O–H groups in total. The Morgan fingerprint density at radius 2 is 0.925 bits per heavy atom. The molecule has 0 aliphatic rings. The Labute approximate surface area is 249 Å². The summed E-state index contributed by atoms with van der Waals surface area (Å²) >= 11 is 0. The largest absolute Gasteiger partial charge is 0.481 e. The van der Waals surface area contributed by atoms with Crippen LogP contribution in [0.1, 0.15) is 194 Å². The fraction of sp³-hybridized carbons (Fsp3) is 0.889. The number of carbonyl (C=O) groups excluding carboxylic acids is 1. The van der Waals surface area contributed by atoms with Gasteiger partial charge in [-0.25, -0.2) is 0 Å². The molecular formula is C36H68O4. The van der Waals surface area contributed by atoms with Crippen molar-refractivity contribution >= 4 is 11.9 Å². The number of hydrogen-bond acceptors (Lipinski definition) is 3. The number of hydrogen-bond donors (Lipinski definition) is 1. The third-order valence-electron chi connectivity index (χ3n) is 8.04. The molecule has 1 atom stereocenters. The Kier molecular flexibility index (Phi) is 31.1.